The first-order valence-electron chi connectivity index (χ1n) is 26.8. The summed E-state index contributed by atoms with van der Waals surface area (Å²) in [4.78, 5) is 118. The summed E-state index contributed by atoms with van der Waals surface area (Å²) >= 11 is 0. The van der Waals surface area contributed by atoms with Crippen molar-refractivity contribution >= 4 is 63.2 Å². The van der Waals surface area contributed by atoms with Crippen molar-refractivity contribution in [3.8, 4) is 0 Å². The Kier molecular flexibility index (Phi) is 18.5. The van der Waals surface area contributed by atoms with Crippen LogP contribution in [0.2, 0.25) is 0 Å². The fourth-order valence-electron chi connectivity index (χ4n) is 10.4. The molecule has 408 valence electrons. The molecule has 2 aliphatic heterocycles. The quantitative estimate of drug-likeness (QED) is 0.111. The molecule has 17 nitrogen and oxygen atoms in total. The van der Waals surface area contributed by atoms with Gasteiger partial charge in [-0.25, -0.2) is 9.97 Å². The maximum atomic E-state index is 15.6. The van der Waals surface area contributed by atoms with Crippen LogP contribution in [0.4, 0.5) is 0 Å². The number of rotatable bonds is 12. The fourth-order valence-corrected chi connectivity index (χ4v) is 10.4. The van der Waals surface area contributed by atoms with Gasteiger partial charge in [0.25, 0.3) is 0 Å². The summed E-state index contributed by atoms with van der Waals surface area (Å²) in [6.07, 6.45) is 11.6. The zero-order valence-electron chi connectivity index (χ0n) is 46.0. The van der Waals surface area contributed by atoms with Crippen LogP contribution in [0.3, 0.4) is 0 Å². The third kappa shape index (κ3) is 13.7. The predicted octanol–water partition coefficient (Wildman–Crippen LogP) is 5.80. The molecule has 2 aliphatic rings. The number of hydrogen-bond acceptors (Lipinski definition) is 9. The molecule has 0 radical (unpaired) electrons. The van der Waals surface area contributed by atoms with Crippen molar-refractivity contribution in [3.05, 3.63) is 133 Å². The van der Waals surface area contributed by atoms with E-state index in [1.165, 1.54) is 42.0 Å². The number of amides is 7. The lowest BCUT2D eigenvalue weighted by molar-refractivity contribution is -0.150. The van der Waals surface area contributed by atoms with Crippen molar-refractivity contribution in [2.24, 2.45) is 11.8 Å². The summed E-state index contributed by atoms with van der Waals surface area (Å²) in [6.45, 7) is 17.5. The zero-order valence-corrected chi connectivity index (χ0v) is 46.0. The highest BCUT2D eigenvalue weighted by atomic mass is 16.2. The first-order valence-corrected chi connectivity index (χ1v) is 26.8. The number of aromatic nitrogens is 3. The van der Waals surface area contributed by atoms with Crippen LogP contribution >= 0.6 is 0 Å². The highest BCUT2D eigenvalue weighted by Gasteiger charge is 2.41. The van der Waals surface area contributed by atoms with Gasteiger partial charge in [-0.15, -0.1) is 6.58 Å². The molecule has 4 N–H and O–H groups in total. The average molecular weight is 1050 g/mol. The lowest BCUT2D eigenvalue weighted by atomic mass is 9.97. The minimum Gasteiger partial charge on any atom is -0.343 e. The second-order valence-electron chi connectivity index (χ2n) is 22.1. The van der Waals surface area contributed by atoms with E-state index < -0.39 is 89.2 Å². The van der Waals surface area contributed by atoms with E-state index in [2.05, 4.69) is 42.4 Å². The van der Waals surface area contributed by atoms with Crippen LogP contribution in [0, 0.1) is 11.8 Å². The van der Waals surface area contributed by atoms with Gasteiger partial charge in [-0.2, -0.15) is 0 Å². The summed E-state index contributed by atoms with van der Waals surface area (Å²) in [6, 6.07) is 14.2. The van der Waals surface area contributed by atoms with Gasteiger partial charge in [-0.1, -0.05) is 101 Å². The number of hydrogen-bond donors (Lipinski definition) is 4. The van der Waals surface area contributed by atoms with Crippen LogP contribution in [0.25, 0.3) is 21.8 Å². The Balaban J connectivity index is 1.38. The number of likely N-dealkylation sites (N-methyl/N-ethyl adjacent to an activating group) is 2. The van der Waals surface area contributed by atoms with Crippen LogP contribution in [0.1, 0.15) is 90.8 Å². The first kappa shape index (κ1) is 57.0. The predicted molar refractivity (Wildman–Crippen MR) is 298 cm³/mol. The summed E-state index contributed by atoms with van der Waals surface area (Å²) in [5.41, 5.74) is 3.15. The van der Waals surface area contributed by atoms with Crippen molar-refractivity contribution < 1.29 is 33.6 Å². The minimum absolute atomic E-state index is 0.0129. The number of allylic oxidation sites excluding steroid dienone is 1. The van der Waals surface area contributed by atoms with Gasteiger partial charge in [0.05, 0.1) is 11.1 Å². The standard InChI is InChI=1S/C60H76N10O7/c1-11-60(7,8)70-35-43(44-22-17-18-23-49(44)70)33-48-58(76)68(10)51(28-37(2)3)55(73)64-47(32-41-25-26-45-42(30-41)34-61-36-62-45)53(71)63-39(6)57(75)67(9)50-24-16-13-19-27-69(59(50)77)52(29-38(4)5)56(74)65-46(54(72)66-48)31-40-20-14-12-15-21-40/h11-18,20-23,25-26,30,34-39,46-48,50-52H,1,19,24,27-29,31-33H2,2-10H3,(H,63,71)(H,64,73)(H,65,74)(H,66,72)/b16-13-/t39-,46-,47-,48-,50-,51-,52-/m0/s1. The third-order valence-electron chi connectivity index (χ3n) is 14.9. The second kappa shape index (κ2) is 25.0. The molecule has 0 unspecified atom stereocenters. The third-order valence-corrected chi connectivity index (χ3v) is 14.9. The maximum Gasteiger partial charge on any atom is 0.246 e. The average Bonchev–Trinajstić information content (AvgIpc) is 3.84. The smallest absolute Gasteiger partial charge is 0.246 e. The number of benzene rings is 3. The number of carbonyl (C=O) groups excluding carboxylic acids is 7. The fraction of sp³-hybridized carbons (Fsp3) is 0.450. The Labute approximate surface area is 452 Å². The molecule has 2 bridgehead atoms. The van der Waals surface area contributed by atoms with E-state index in [-0.39, 0.29) is 56.9 Å². The van der Waals surface area contributed by atoms with Gasteiger partial charge in [0.15, 0.2) is 0 Å². The summed E-state index contributed by atoms with van der Waals surface area (Å²) < 4.78 is 2.07. The van der Waals surface area contributed by atoms with Crippen molar-refractivity contribution in [1.29, 1.82) is 0 Å². The van der Waals surface area contributed by atoms with E-state index in [9.17, 15) is 9.59 Å². The van der Waals surface area contributed by atoms with Crippen molar-refractivity contribution in [2.75, 3.05) is 20.6 Å². The molecule has 77 heavy (non-hydrogen) atoms. The Morgan fingerprint density at radius 1 is 0.688 bits per heavy atom. The molecule has 5 aromatic rings. The van der Waals surface area contributed by atoms with Crippen LogP contribution in [0.5, 0.6) is 0 Å². The lowest BCUT2D eigenvalue weighted by Gasteiger charge is -2.38. The van der Waals surface area contributed by atoms with Crippen LogP contribution in [-0.4, -0.2) is 134 Å². The first-order chi connectivity index (χ1) is 36.7. The topological polar surface area (TPSA) is 208 Å². The van der Waals surface area contributed by atoms with Crippen LogP contribution < -0.4 is 21.3 Å². The molecular formula is C60H76N10O7. The number of nitrogens with zero attached hydrogens (tertiary/aromatic N) is 6. The number of nitrogens with one attached hydrogen (secondary N) is 4. The Morgan fingerprint density at radius 2 is 1.31 bits per heavy atom. The molecular weight excluding hydrogens is 973 g/mol. The molecule has 2 aromatic heterocycles. The van der Waals surface area contributed by atoms with E-state index >= 15 is 24.0 Å². The van der Waals surface area contributed by atoms with E-state index in [0.29, 0.717) is 22.9 Å². The summed E-state index contributed by atoms with van der Waals surface area (Å²) in [5, 5.41) is 13.5. The maximum absolute atomic E-state index is 15.6. The van der Waals surface area contributed by atoms with Gasteiger partial charge >= 0.3 is 0 Å². The van der Waals surface area contributed by atoms with E-state index in [1.807, 2.05) is 127 Å². The van der Waals surface area contributed by atoms with Gasteiger partial charge in [0.2, 0.25) is 41.4 Å². The Bertz CT molecular complexity index is 3000. The summed E-state index contributed by atoms with van der Waals surface area (Å²) in [5.74, 6) is -4.36. The molecule has 7 amide bonds. The van der Waals surface area contributed by atoms with Crippen molar-refractivity contribution in [3.63, 3.8) is 0 Å². The highest BCUT2D eigenvalue weighted by Crippen LogP contribution is 2.30. The molecule has 7 rings (SSSR count). The molecule has 0 aliphatic carbocycles. The highest BCUT2D eigenvalue weighted by molar-refractivity contribution is 5.99. The minimum atomic E-state index is -1.29. The molecule has 0 saturated carbocycles. The zero-order chi connectivity index (χ0) is 55.7. The van der Waals surface area contributed by atoms with E-state index in [0.717, 1.165) is 22.0 Å². The molecule has 4 heterocycles. The van der Waals surface area contributed by atoms with Gasteiger partial charge in [-0.05, 0) is 93.2 Å². The Morgan fingerprint density at radius 3 is 2.00 bits per heavy atom. The number of para-hydroxylation sites is 1. The van der Waals surface area contributed by atoms with Gasteiger partial charge < -0.3 is 40.5 Å². The molecule has 3 aromatic carbocycles. The molecule has 1 fully saturated rings. The monoisotopic (exact) mass is 1050 g/mol. The van der Waals surface area contributed by atoms with Crippen molar-refractivity contribution in [2.45, 2.75) is 141 Å². The molecule has 17 heteroatoms. The van der Waals surface area contributed by atoms with Crippen LogP contribution in [-0.2, 0) is 58.4 Å². The number of carbonyl (C=O) groups is 7. The van der Waals surface area contributed by atoms with Gasteiger partial charge in [0.1, 0.15) is 48.6 Å². The van der Waals surface area contributed by atoms with E-state index in [4.69, 9.17) is 0 Å². The molecule has 1 saturated heterocycles. The van der Waals surface area contributed by atoms with Gasteiger partial charge in [0, 0.05) is 68.6 Å². The van der Waals surface area contributed by atoms with Crippen molar-refractivity contribution in [1.82, 2.24) is 50.5 Å². The number of fused-ring (bicyclic) bond motifs is 4. The largest absolute Gasteiger partial charge is 0.343 e. The van der Waals surface area contributed by atoms with Gasteiger partial charge in [-0.3, -0.25) is 33.6 Å². The summed E-state index contributed by atoms with van der Waals surface area (Å²) in [7, 11) is 3.02. The molecule has 0 spiro atoms. The Hall–Kier alpha value is -7.69. The normalized spacial score (nSPS) is 23.5. The van der Waals surface area contributed by atoms with E-state index in [1.54, 1.807) is 18.3 Å². The van der Waals surface area contributed by atoms with Crippen LogP contribution in [0.15, 0.2) is 116 Å². The second-order valence-corrected chi connectivity index (χ2v) is 22.1. The molecule has 7 atom stereocenters. The SMILES string of the molecule is C=CC(C)(C)n1cc(C[C@@H]2NC(=O)[C@H](Cc3ccccc3)NC(=O)[C@H](CC(C)C)N3CC/C=C\C[C@@H](C3=O)N(C)C(=O)[C@H](C)NC(=O)[C@H](Cc3ccc4ncncc4c3)NC(=O)[C@H](CC(C)C)N(C)C2=O)c2ccccc21. The lowest BCUT2D eigenvalue weighted by Crippen LogP contribution is -2.61.